The highest BCUT2D eigenvalue weighted by atomic mass is 35.5. The van der Waals surface area contributed by atoms with Gasteiger partial charge in [0.2, 0.25) is 0 Å². The van der Waals surface area contributed by atoms with Gasteiger partial charge in [0.1, 0.15) is 4.88 Å². The lowest BCUT2D eigenvalue weighted by Crippen LogP contribution is -2.32. The Morgan fingerprint density at radius 3 is 2.60 bits per heavy atom. The smallest absolute Gasteiger partial charge is 0.265 e. The van der Waals surface area contributed by atoms with Crippen LogP contribution in [-0.4, -0.2) is 34.9 Å². The number of amides is 1. The number of halogens is 2. The molecular weight excluding hydrogens is 377 g/mol. The highest BCUT2D eigenvalue weighted by molar-refractivity contribution is 7.13. The highest BCUT2D eigenvalue weighted by Gasteiger charge is 2.35. The van der Waals surface area contributed by atoms with Gasteiger partial charge in [0.05, 0.1) is 10.7 Å². The van der Waals surface area contributed by atoms with Crippen LogP contribution >= 0.6 is 36.2 Å². The number of likely N-dealkylation sites (tertiary alicyclic amines) is 1. The molecule has 0 unspecified atom stereocenters. The van der Waals surface area contributed by atoms with Gasteiger partial charge in [0, 0.05) is 25.0 Å². The Hall–Kier alpha value is -1.14. The summed E-state index contributed by atoms with van der Waals surface area (Å²) in [5.74, 6) is 0.291. The second-order valence-corrected chi connectivity index (χ2v) is 7.25. The molecule has 1 saturated heterocycles. The fourth-order valence-corrected chi connectivity index (χ4v) is 4.30. The summed E-state index contributed by atoms with van der Waals surface area (Å²) < 4.78 is 0. The molecule has 1 amide bonds. The van der Waals surface area contributed by atoms with Crippen LogP contribution in [0.3, 0.4) is 0 Å². The maximum absolute atomic E-state index is 12.8. The van der Waals surface area contributed by atoms with Crippen molar-refractivity contribution >= 4 is 42.1 Å². The molecule has 0 bridgehead atoms. The third kappa shape index (κ3) is 4.73. The molecule has 2 heterocycles. The zero-order chi connectivity index (χ0) is 16.4. The second kappa shape index (κ2) is 9.53. The normalized spacial score (nSPS) is 19.2. The molecule has 1 fully saturated rings. The first kappa shape index (κ1) is 21.9. The molecule has 138 valence electrons. The van der Waals surface area contributed by atoms with Crippen LogP contribution in [0, 0.1) is 6.92 Å². The number of carbonyl (C=O) groups is 1. The number of nitrogens with zero attached hydrogens (tertiary/aromatic N) is 2. The van der Waals surface area contributed by atoms with E-state index in [1.807, 2.05) is 30.0 Å². The summed E-state index contributed by atoms with van der Waals surface area (Å²) >= 11 is 1.53. The predicted molar refractivity (Wildman–Crippen MR) is 108 cm³/mol. The van der Waals surface area contributed by atoms with Crippen molar-refractivity contribution in [1.82, 2.24) is 9.88 Å². The van der Waals surface area contributed by atoms with Gasteiger partial charge >= 0.3 is 0 Å². The number of hydrogen-bond acceptors (Lipinski definition) is 4. The maximum atomic E-state index is 12.8. The molecule has 2 N–H and O–H groups in total. The minimum atomic E-state index is -0.00955. The van der Waals surface area contributed by atoms with E-state index >= 15 is 0 Å². The summed E-state index contributed by atoms with van der Waals surface area (Å²) in [5.41, 5.74) is 8.36. The topological polar surface area (TPSA) is 59.2 Å². The van der Waals surface area contributed by atoms with E-state index < -0.39 is 0 Å². The fourth-order valence-electron chi connectivity index (χ4n) is 3.16. The predicted octanol–water partition coefficient (Wildman–Crippen LogP) is 3.81. The number of hydrogen-bond donors (Lipinski definition) is 1. The summed E-state index contributed by atoms with van der Waals surface area (Å²) in [6.45, 7) is 5.35. The monoisotopic (exact) mass is 401 g/mol. The van der Waals surface area contributed by atoms with Gasteiger partial charge < -0.3 is 10.6 Å². The lowest BCUT2D eigenvalue weighted by Gasteiger charge is -2.16. The molecule has 0 radical (unpaired) electrons. The zero-order valence-electron chi connectivity index (χ0n) is 14.5. The number of aromatic nitrogens is 1. The van der Waals surface area contributed by atoms with Gasteiger partial charge in [-0.15, -0.1) is 36.2 Å². The molecule has 2 atom stereocenters. The van der Waals surface area contributed by atoms with Crippen LogP contribution in [0.2, 0.25) is 0 Å². The maximum Gasteiger partial charge on any atom is 0.265 e. The molecule has 0 spiro atoms. The lowest BCUT2D eigenvalue weighted by molar-refractivity contribution is 0.0793. The summed E-state index contributed by atoms with van der Waals surface area (Å²) in [4.78, 5) is 20.0. The van der Waals surface area contributed by atoms with Gasteiger partial charge in [-0.1, -0.05) is 37.3 Å². The number of nitrogens with two attached hydrogens (primary N) is 1. The van der Waals surface area contributed by atoms with E-state index in [4.69, 9.17) is 5.73 Å². The van der Waals surface area contributed by atoms with Gasteiger partial charge in [0.15, 0.2) is 0 Å². The summed E-state index contributed by atoms with van der Waals surface area (Å²) in [7, 11) is 0. The Bertz CT molecular complexity index is 693. The third-order valence-electron chi connectivity index (χ3n) is 4.38. The first-order chi connectivity index (χ1) is 11.1. The SMILES string of the molecule is CCCc1nc(C)c(C(=O)N2C[C@@H](N)[C@H](c3ccccc3)C2)s1.Cl.Cl. The van der Waals surface area contributed by atoms with E-state index in [9.17, 15) is 4.79 Å². The van der Waals surface area contributed by atoms with Crippen LogP contribution in [0.15, 0.2) is 30.3 Å². The molecule has 3 rings (SSSR count). The Morgan fingerprint density at radius 2 is 1.96 bits per heavy atom. The second-order valence-electron chi connectivity index (χ2n) is 6.16. The molecule has 25 heavy (non-hydrogen) atoms. The first-order valence-electron chi connectivity index (χ1n) is 8.16. The van der Waals surface area contributed by atoms with Crippen molar-refractivity contribution in [3.63, 3.8) is 0 Å². The van der Waals surface area contributed by atoms with Crippen molar-refractivity contribution in [2.75, 3.05) is 13.1 Å². The van der Waals surface area contributed by atoms with Crippen LogP contribution in [0.5, 0.6) is 0 Å². The van der Waals surface area contributed by atoms with Gasteiger partial charge in [-0.05, 0) is 25.3 Å². The quantitative estimate of drug-likeness (QED) is 0.846. The molecular formula is C18H25Cl2N3OS. The Labute approximate surface area is 165 Å². The van der Waals surface area contributed by atoms with Crippen LogP contribution in [0.1, 0.15) is 45.2 Å². The zero-order valence-corrected chi connectivity index (χ0v) is 16.9. The van der Waals surface area contributed by atoms with Crippen molar-refractivity contribution in [2.24, 2.45) is 5.73 Å². The van der Waals surface area contributed by atoms with Crippen LogP contribution in [-0.2, 0) is 6.42 Å². The van der Waals surface area contributed by atoms with E-state index in [-0.39, 0.29) is 42.7 Å². The van der Waals surface area contributed by atoms with Gasteiger partial charge in [-0.2, -0.15) is 0 Å². The van der Waals surface area contributed by atoms with Gasteiger partial charge in [-0.25, -0.2) is 4.98 Å². The average molecular weight is 402 g/mol. The molecule has 7 heteroatoms. The van der Waals surface area contributed by atoms with Crippen LogP contribution in [0.25, 0.3) is 0 Å². The average Bonchev–Trinajstić information content (AvgIpc) is 3.11. The Morgan fingerprint density at radius 1 is 1.28 bits per heavy atom. The minimum Gasteiger partial charge on any atom is -0.336 e. The van der Waals surface area contributed by atoms with Crippen molar-refractivity contribution in [3.05, 3.63) is 51.5 Å². The molecule has 0 saturated carbocycles. The molecule has 4 nitrogen and oxygen atoms in total. The van der Waals surface area contributed by atoms with Crippen molar-refractivity contribution < 1.29 is 4.79 Å². The largest absolute Gasteiger partial charge is 0.336 e. The molecule has 2 aromatic rings. The lowest BCUT2D eigenvalue weighted by atomic mass is 9.95. The fraction of sp³-hybridized carbons (Fsp3) is 0.444. The van der Waals surface area contributed by atoms with Crippen LogP contribution in [0.4, 0.5) is 0 Å². The van der Waals surface area contributed by atoms with Crippen molar-refractivity contribution in [1.29, 1.82) is 0 Å². The van der Waals surface area contributed by atoms with E-state index in [2.05, 4.69) is 24.0 Å². The summed E-state index contributed by atoms with van der Waals surface area (Å²) in [6.07, 6.45) is 1.98. The third-order valence-corrected chi connectivity index (χ3v) is 5.58. The van der Waals surface area contributed by atoms with E-state index in [1.165, 1.54) is 16.9 Å². The Balaban J connectivity index is 0.00000156. The van der Waals surface area contributed by atoms with Gasteiger partial charge in [0.25, 0.3) is 5.91 Å². The summed E-state index contributed by atoms with van der Waals surface area (Å²) in [5, 5.41) is 1.05. The summed E-state index contributed by atoms with van der Waals surface area (Å²) in [6, 6.07) is 10.2. The first-order valence-corrected chi connectivity index (χ1v) is 8.98. The number of aryl methyl sites for hydroxylation is 2. The van der Waals surface area contributed by atoms with E-state index in [0.29, 0.717) is 13.1 Å². The van der Waals surface area contributed by atoms with Gasteiger partial charge in [-0.3, -0.25) is 4.79 Å². The molecule has 1 aliphatic heterocycles. The van der Waals surface area contributed by atoms with Crippen molar-refractivity contribution in [3.8, 4) is 0 Å². The minimum absolute atomic E-state index is 0. The standard InChI is InChI=1S/C18H23N3OS.2ClH/c1-3-7-16-20-12(2)17(23-16)18(22)21-10-14(15(19)11-21)13-8-5-4-6-9-13;;/h4-6,8-9,14-15H,3,7,10-11,19H2,1-2H3;2*1H/t14-,15+;;/m0../s1. The van der Waals surface area contributed by atoms with E-state index in [0.717, 1.165) is 28.4 Å². The van der Waals surface area contributed by atoms with Crippen LogP contribution < -0.4 is 5.73 Å². The van der Waals surface area contributed by atoms with E-state index in [1.54, 1.807) is 0 Å². The highest BCUT2D eigenvalue weighted by Crippen LogP contribution is 2.29. The number of thiazole rings is 1. The molecule has 1 aromatic heterocycles. The van der Waals surface area contributed by atoms with Crippen molar-refractivity contribution in [2.45, 2.75) is 38.6 Å². The molecule has 1 aliphatic rings. The molecule has 0 aliphatic carbocycles. The number of rotatable bonds is 4. The Kier molecular flexibility index (Phi) is 8.35. The number of benzene rings is 1. The molecule has 1 aromatic carbocycles. The number of carbonyl (C=O) groups excluding carboxylic acids is 1.